The molecule has 0 unspecified atom stereocenters. The van der Waals surface area contributed by atoms with Crippen LogP contribution in [0.4, 0.5) is 13.2 Å². The normalized spacial score (nSPS) is 19.2. The molecule has 2 aromatic heterocycles. The maximum atomic E-state index is 13.0. The van der Waals surface area contributed by atoms with Crippen LogP contribution in [0.5, 0.6) is 0 Å². The monoisotopic (exact) mass is 350 g/mol. The summed E-state index contributed by atoms with van der Waals surface area (Å²) in [7, 11) is 0. The minimum atomic E-state index is -4.45. The number of alkyl halides is 3. The van der Waals surface area contributed by atoms with E-state index in [0.29, 0.717) is 42.8 Å². The van der Waals surface area contributed by atoms with Crippen LogP contribution in [0.1, 0.15) is 47.5 Å². The van der Waals surface area contributed by atoms with E-state index in [-0.39, 0.29) is 5.56 Å². The smallest absolute Gasteiger partial charge is 0.312 e. The highest BCUT2D eigenvalue weighted by Gasteiger charge is 2.49. The summed E-state index contributed by atoms with van der Waals surface area (Å²) in [6.45, 7) is 1.28. The summed E-state index contributed by atoms with van der Waals surface area (Å²) in [6.07, 6.45) is 0.677. The summed E-state index contributed by atoms with van der Waals surface area (Å²) >= 11 is 0. The van der Waals surface area contributed by atoms with E-state index in [1.54, 1.807) is 0 Å². The molecule has 1 fully saturated rings. The third-order valence-electron chi connectivity index (χ3n) is 4.99. The molecule has 132 valence electrons. The Morgan fingerprint density at radius 2 is 2.00 bits per heavy atom. The van der Waals surface area contributed by atoms with Gasteiger partial charge in [-0.3, -0.25) is 9.78 Å². The Morgan fingerprint density at radius 1 is 1.20 bits per heavy atom. The lowest BCUT2D eigenvalue weighted by molar-refractivity contribution is -0.137. The Kier molecular flexibility index (Phi) is 3.68. The van der Waals surface area contributed by atoms with E-state index in [0.717, 1.165) is 30.9 Å². The number of fused-ring (bicyclic) bond motifs is 1. The molecule has 2 aromatic rings. The quantitative estimate of drug-likeness (QED) is 0.872. The fourth-order valence-electron chi connectivity index (χ4n) is 3.40. The summed E-state index contributed by atoms with van der Waals surface area (Å²) < 4.78 is 39.0. The fourth-order valence-corrected chi connectivity index (χ4v) is 3.40. The molecular formula is C17H17F3N4O. The zero-order valence-corrected chi connectivity index (χ0v) is 13.4. The molecule has 3 heterocycles. The van der Waals surface area contributed by atoms with Crippen LogP contribution >= 0.6 is 0 Å². The number of hydrogen-bond acceptors (Lipinski definition) is 4. The van der Waals surface area contributed by atoms with Crippen LogP contribution in [0.2, 0.25) is 0 Å². The number of aromatic nitrogens is 3. The van der Waals surface area contributed by atoms with Gasteiger partial charge in [0.05, 0.1) is 22.2 Å². The van der Waals surface area contributed by atoms with Crippen LogP contribution in [0, 0.1) is 0 Å². The van der Waals surface area contributed by atoms with Crippen molar-refractivity contribution in [3.63, 3.8) is 0 Å². The first-order valence-electron chi connectivity index (χ1n) is 8.26. The molecule has 0 aromatic carbocycles. The number of rotatable bonds is 2. The largest absolute Gasteiger partial charge is 0.417 e. The molecule has 4 rings (SSSR count). The maximum Gasteiger partial charge on any atom is 0.417 e. The van der Waals surface area contributed by atoms with Gasteiger partial charge in [0.2, 0.25) is 0 Å². The highest BCUT2D eigenvalue weighted by atomic mass is 19.4. The summed E-state index contributed by atoms with van der Waals surface area (Å²) in [5.41, 5.74) is 0.173. The summed E-state index contributed by atoms with van der Waals surface area (Å²) in [6, 6.07) is 1.12. The second-order valence-corrected chi connectivity index (χ2v) is 6.66. The Morgan fingerprint density at radius 3 is 2.72 bits per heavy atom. The number of aryl methyl sites for hydroxylation is 1. The van der Waals surface area contributed by atoms with Gasteiger partial charge in [0, 0.05) is 18.9 Å². The molecule has 1 aliphatic carbocycles. The van der Waals surface area contributed by atoms with Crippen molar-refractivity contribution in [3.05, 3.63) is 57.0 Å². The number of hydrogen-bond donors (Lipinski definition) is 2. The third kappa shape index (κ3) is 2.84. The van der Waals surface area contributed by atoms with Crippen molar-refractivity contribution in [3.8, 4) is 0 Å². The Balaban J connectivity index is 1.79. The molecule has 1 aliphatic heterocycles. The Hall–Kier alpha value is -2.22. The van der Waals surface area contributed by atoms with Gasteiger partial charge < -0.3 is 10.3 Å². The first-order valence-corrected chi connectivity index (χ1v) is 8.26. The average molecular weight is 350 g/mol. The number of nitrogens with one attached hydrogen (secondary N) is 2. The lowest BCUT2D eigenvalue weighted by Crippen LogP contribution is -2.27. The van der Waals surface area contributed by atoms with Crippen molar-refractivity contribution in [1.29, 1.82) is 0 Å². The topological polar surface area (TPSA) is 70.7 Å². The van der Waals surface area contributed by atoms with Crippen LogP contribution < -0.4 is 10.9 Å². The van der Waals surface area contributed by atoms with Crippen LogP contribution in [0.3, 0.4) is 0 Å². The molecule has 1 saturated carbocycles. The molecule has 0 saturated heterocycles. The first kappa shape index (κ1) is 16.3. The lowest BCUT2D eigenvalue weighted by atomic mass is 9.95. The molecule has 5 nitrogen and oxygen atoms in total. The van der Waals surface area contributed by atoms with E-state index < -0.39 is 17.2 Å². The van der Waals surface area contributed by atoms with Crippen molar-refractivity contribution in [2.75, 3.05) is 6.54 Å². The van der Waals surface area contributed by atoms with Gasteiger partial charge in [-0.05, 0) is 43.9 Å². The van der Waals surface area contributed by atoms with E-state index in [2.05, 4.69) is 20.3 Å². The second-order valence-electron chi connectivity index (χ2n) is 6.66. The number of nitrogens with zero attached hydrogens (tertiary/aromatic N) is 2. The second kappa shape index (κ2) is 5.66. The minimum absolute atomic E-state index is 0.208. The highest BCUT2D eigenvalue weighted by molar-refractivity contribution is 5.40. The van der Waals surface area contributed by atoms with E-state index in [1.807, 2.05) is 0 Å². The fraction of sp³-hybridized carbons (Fsp3) is 0.471. The van der Waals surface area contributed by atoms with Crippen LogP contribution in [0.25, 0.3) is 0 Å². The average Bonchev–Trinajstić information content (AvgIpc) is 3.39. The van der Waals surface area contributed by atoms with Gasteiger partial charge >= 0.3 is 6.18 Å². The van der Waals surface area contributed by atoms with Crippen molar-refractivity contribution >= 4 is 0 Å². The van der Waals surface area contributed by atoms with E-state index in [1.165, 1.54) is 6.20 Å². The SMILES string of the molecule is O=c1[nH]c(C2(c3cncc(C(F)(F)F)c3)CC2)nc2c1CNCCC2. The van der Waals surface area contributed by atoms with Crippen LogP contribution in [-0.2, 0) is 24.6 Å². The zero-order valence-electron chi connectivity index (χ0n) is 13.4. The summed E-state index contributed by atoms with van der Waals surface area (Å²) in [5, 5.41) is 3.18. The maximum absolute atomic E-state index is 13.0. The number of halogens is 3. The van der Waals surface area contributed by atoms with Gasteiger partial charge in [-0.15, -0.1) is 0 Å². The van der Waals surface area contributed by atoms with Gasteiger partial charge in [-0.2, -0.15) is 13.2 Å². The van der Waals surface area contributed by atoms with Gasteiger partial charge in [0.15, 0.2) is 0 Å². The van der Waals surface area contributed by atoms with E-state index in [4.69, 9.17) is 0 Å². The predicted molar refractivity (Wildman–Crippen MR) is 84.1 cm³/mol. The standard InChI is InChI=1S/C17H17F3N4O/c18-17(19,20)11-6-10(7-22-8-11)16(3-4-16)15-23-13-2-1-5-21-9-12(13)14(25)24-15/h6-8,21H,1-5,9H2,(H,23,24,25). The van der Waals surface area contributed by atoms with Crippen molar-refractivity contribution in [1.82, 2.24) is 20.3 Å². The van der Waals surface area contributed by atoms with Crippen LogP contribution in [0.15, 0.2) is 23.3 Å². The summed E-state index contributed by atoms with van der Waals surface area (Å²) in [4.78, 5) is 23.6. The number of aromatic amines is 1. The van der Waals surface area contributed by atoms with Gasteiger partial charge in [0.1, 0.15) is 5.82 Å². The van der Waals surface area contributed by atoms with Crippen molar-refractivity contribution < 1.29 is 13.2 Å². The van der Waals surface area contributed by atoms with Crippen molar-refractivity contribution in [2.45, 2.75) is 43.8 Å². The molecule has 25 heavy (non-hydrogen) atoms. The molecule has 0 atom stereocenters. The first-order chi connectivity index (χ1) is 11.9. The Labute approximate surface area is 141 Å². The molecule has 8 heteroatoms. The van der Waals surface area contributed by atoms with Gasteiger partial charge in [-0.25, -0.2) is 4.98 Å². The zero-order chi connectivity index (χ0) is 17.7. The van der Waals surface area contributed by atoms with Gasteiger partial charge in [-0.1, -0.05) is 0 Å². The molecular weight excluding hydrogens is 333 g/mol. The third-order valence-corrected chi connectivity index (χ3v) is 4.99. The Bertz CT molecular complexity index is 871. The predicted octanol–water partition coefficient (Wildman–Crippen LogP) is 2.30. The number of pyridine rings is 1. The van der Waals surface area contributed by atoms with Crippen molar-refractivity contribution in [2.24, 2.45) is 0 Å². The minimum Gasteiger partial charge on any atom is -0.312 e. The molecule has 2 aliphatic rings. The number of H-pyrrole nitrogens is 1. The highest BCUT2D eigenvalue weighted by Crippen LogP contribution is 2.52. The molecule has 2 N–H and O–H groups in total. The molecule has 0 spiro atoms. The molecule has 0 bridgehead atoms. The van der Waals surface area contributed by atoms with E-state index in [9.17, 15) is 18.0 Å². The lowest BCUT2D eigenvalue weighted by Gasteiger charge is -2.18. The molecule has 0 amide bonds. The molecule has 0 radical (unpaired) electrons. The van der Waals surface area contributed by atoms with Gasteiger partial charge in [0.25, 0.3) is 5.56 Å². The van der Waals surface area contributed by atoms with E-state index >= 15 is 0 Å². The summed E-state index contributed by atoms with van der Waals surface area (Å²) in [5.74, 6) is 0.458. The van der Waals surface area contributed by atoms with Crippen LogP contribution in [-0.4, -0.2) is 21.5 Å².